The molecular weight excluding hydrogens is 362 g/mol. The van der Waals surface area contributed by atoms with Crippen molar-refractivity contribution < 1.29 is 0 Å². The Balaban J connectivity index is 1.93. The van der Waals surface area contributed by atoms with Gasteiger partial charge in [0.2, 0.25) is 0 Å². The number of hydrogen-bond acceptors (Lipinski definition) is 6. The average Bonchev–Trinajstić information content (AvgIpc) is 3.19. The molecule has 0 unspecified atom stereocenters. The van der Waals surface area contributed by atoms with Gasteiger partial charge < -0.3 is 15.5 Å². The SMILES string of the molecule is CNc1cc(CCN(C)C)c2nc(Nc3c(C)cccc3C)c3cncn3c2n1. The number of benzene rings is 1. The number of fused-ring (bicyclic) bond motifs is 3. The van der Waals surface area contributed by atoms with E-state index in [0.29, 0.717) is 0 Å². The zero-order valence-corrected chi connectivity index (χ0v) is 17.6. The highest BCUT2D eigenvalue weighted by molar-refractivity contribution is 5.87. The lowest BCUT2D eigenvalue weighted by atomic mass is 10.1. The molecular formula is C22H27N7. The van der Waals surface area contributed by atoms with Gasteiger partial charge >= 0.3 is 0 Å². The predicted octanol–water partition coefficient (Wildman–Crippen LogP) is 3.78. The molecule has 0 aliphatic heterocycles. The highest BCUT2D eigenvalue weighted by Crippen LogP contribution is 2.29. The second kappa shape index (κ2) is 7.67. The van der Waals surface area contributed by atoms with Gasteiger partial charge in [-0.3, -0.25) is 4.40 Å². The van der Waals surface area contributed by atoms with Crippen molar-refractivity contribution in [3.63, 3.8) is 0 Å². The summed E-state index contributed by atoms with van der Waals surface area (Å²) in [6, 6.07) is 8.37. The van der Waals surface area contributed by atoms with E-state index in [1.165, 1.54) is 11.1 Å². The van der Waals surface area contributed by atoms with Gasteiger partial charge in [-0.2, -0.15) is 0 Å². The summed E-state index contributed by atoms with van der Waals surface area (Å²) in [7, 11) is 6.05. The molecule has 4 rings (SSSR count). The number of nitrogens with zero attached hydrogens (tertiary/aromatic N) is 5. The second-order valence-electron chi connectivity index (χ2n) is 7.64. The van der Waals surface area contributed by atoms with Crippen molar-refractivity contribution >= 4 is 34.0 Å². The smallest absolute Gasteiger partial charge is 0.167 e. The molecule has 3 heterocycles. The molecule has 7 heteroatoms. The van der Waals surface area contributed by atoms with Crippen LogP contribution in [-0.4, -0.2) is 51.9 Å². The van der Waals surface area contributed by atoms with Crippen molar-refractivity contribution in [1.29, 1.82) is 0 Å². The van der Waals surface area contributed by atoms with Crippen molar-refractivity contribution in [3.05, 3.63) is 53.5 Å². The fourth-order valence-corrected chi connectivity index (χ4v) is 3.56. The number of para-hydroxylation sites is 1. The van der Waals surface area contributed by atoms with Crippen molar-refractivity contribution in [2.24, 2.45) is 0 Å². The number of imidazole rings is 1. The van der Waals surface area contributed by atoms with Crippen LogP contribution >= 0.6 is 0 Å². The highest BCUT2D eigenvalue weighted by Gasteiger charge is 2.16. The lowest BCUT2D eigenvalue weighted by Crippen LogP contribution is -2.16. The minimum absolute atomic E-state index is 0.789. The van der Waals surface area contributed by atoms with Crippen LogP contribution in [0.2, 0.25) is 0 Å². The van der Waals surface area contributed by atoms with E-state index < -0.39 is 0 Å². The first kappa shape index (κ1) is 19.1. The Kier molecular flexibility index (Phi) is 5.07. The zero-order chi connectivity index (χ0) is 20.5. The molecule has 0 saturated carbocycles. The lowest BCUT2D eigenvalue weighted by molar-refractivity contribution is 0.414. The summed E-state index contributed by atoms with van der Waals surface area (Å²) >= 11 is 0. The Morgan fingerprint density at radius 1 is 1.10 bits per heavy atom. The normalized spacial score (nSPS) is 11.5. The number of aryl methyl sites for hydroxylation is 2. The first-order chi connectivity index (χ1) is 14.0. The molecule has 0 radical (unpaired) electrons. The second-order valence-corrected chi connectivity index (χ2v) is 7.64. The molecule has 4 aromatic rings. The molecule has 0 spiro atoms. The van der Waals surface area contributed by atoms with Crippen LogP contribution in [0.4, 0.5) is 17.3 Å². The molecule has 1 aromatic carbocycles. The molecule has 150 valence electrons. The van der Waals surface area contributed by atoms with E-state index in [1.54, 1.807) is 6.33 Å². The Morgan fingerprint density at radius 3 is 2.55 bits per heavy atom. The van der Waals surface area contributed by atoms with E-state index in [-0.39, 0.29) is 0 Å². The van der Waals surface area contributed by atoms with Gasteiger partial charge in [-0.05, 0) is 57.1 Å². The van der Waals surface area contributed by atoms with Crippen LogP contribution in [0.25, 0.3) is 16.7 Å². The van der Waals surface area contributed by atoms with Crippen LogP contribution in [0.1, 0.15) is 16.7 Å². The fourth-order valence-electron chi connectivity index (χ4n) is 3.56. The Morgan fingerprint density at radius 2 is 1.86 bits per heavy atom. The predicted molar refractivity (Wildman–Crippen MR) is 119 cm³/mol. The molecule has 0 aliphatic carbocycles. The molecule has 2 N–H and O–H groups in total. The molecule has 0 atom stereocenters. The number of aromatic nitrogens is 4. The van der Waals surface area contributed by atoms with Gasteiger partial charge in [0.1, 0.15) is 23.2 Å². The van der Waals surface area contributed by atoms with Gasteiger partial charge in [0.05, 0.1) is 6.20 Å². The summed E-state index contributed by atoms with van der Waals surface area (Å²) in [4.78, 5) is 16.3. The number of hydrogen-bond donors (Lipinski definition) is 2. The van der Waals surface area contributed by atoms with Crippen LogP contribution in [0.3, 0.4) is 0 Å². The summed E-state index contributed by atoms with van der Waals surface area (Å²) in [5.74, 6) is 1.62. The van der Waals surface area contributed by atoms with Crippen molar-refractivity contribution in [2.75, 3.05) is 38.3 Å². The van der Waals surface area contributed by atoms with Crippen LogP contribution in [0.15, 0.2) is 36.8 Å². The maximum atomic E-state index is 5.03. The fraction of sp³-hybridized carbons (Fsp3) is 0.318. The average molecular weight is 390 g/mol. The molecule has 3 aromatic heterocycles. The topological polar surface area (TPSA) is 70.4 Å². The van der Waals surface area contributed by atoms with Crippen molar-refractivity contribution in [3.8, 4) is 0 Å². The largest absolute Gasteiger partial charge is 0.373 e. The van der Waals surface area contributed by atoms with Gasteiger partial charge in [0.25, 0.3) is 0 Å². The molecule has 7 nitrogen and oxygen atoms in total. The zero-order valence-electron chi connectivity index (χ0n) is 17.6. The minimum atomic E-state index is 0.789. The van der Waals surface area contributed by atoms with Crippen LogP contribution in [0, 0.1) is 13.8 Å². The van der Waals surface area contributed by atoms with Crippen LogP contribution < -0.4 is 10.6 Å². The Hall–Kier alpha value is -3.19. The number of pyridine rings is 1. The highest BCUT2D eigenvalue weighted by atomic mass is 15.1. The molecule has 0 aliphatic rings. The molecule has 29 heavy (non-hydrogen) atoms. The number of rotatable bonds is 6. The minimum Gasteiger partial charge on any atom is -0.373 e. The van der Waals surface area contributed by atoms with Crippen LogP contribution in [0.5, 0.6) is 0 Å². The van der Waals surface area contributed by atoms with Gasteiger partial charge in [-0.15, -0.1) is 0 Å². The molecule has 0 bridgehead atoms. The number of likely N-dealkylation sites (N-methyl/N-ethyl adjacent to an activating group) is 1. The van der Waals surface area contributed by atoms with Crippen molar-refractivity contribution in [1.82, 2.24) is 24.3 Å². The third-order valence-electron chi connectivity index (χ3n) is 5.20. The Bertz CT molecular complexity index is 1160. The van der Waals surface area contributed by atoms with Gasteiger partial charge in [0, 0.05) is 19.3 Å². The molecule has 0 fully saturated rings. The third-order valence-corrected chi connectivity index (χ3v) is 5.20. The van der Waals surface area contributed by atoms with E-state index in [4.69, 9.17) is 9.97 Å². The standard InChI is InChI=1S/C22H27N7/c1-14-7-6-8-15(2)19(14)26-21-17-12-24-13-29(17)22-20(27-21)16(9-10-28(4)5)11-18(23-3)25-22/h6-8,11-13H,9-10H2,1-5H3,(H,23,25)(H,26,27). The Labute approximate surface area is 170 Å². The lowest BCUT2D eigenvalue weighted by Gasteiger charge is -2.16. The third kappa shape index (κ3) is 3.61. The summed E-state index contributed by atoms with van der Waals surface area (Å²) in [6.07, 6.45) is 4.52. The van der Waals surface area contributed by atoms with Gasteiger partial charge in [-0.1, -0.05) is 18.2 Å². The van der Waals surface area contributed by atoms with Gasteiger partial charge in [-0.25, -0.2) is 15.0 Å². The summed E-state index contributed by atoms with van der Waals surface area (Å²) in [5.41, 5.74) is 7.21. The van der Waals surface area contributed by atoms with E-state index in [0.717, 1.165) is 52.5 Å². The first-order valence-corrected chi connectivity index (χ1v) is 9.79. The first-order valence-electron chi connectivity index (χ1n) is 9.79. The van der Waals surface area contributed by atoms with Crippen LogP contribution in [-0.2, 0) is 6.42 Å². The van der Waals surface area contributed by atoms with E-state index in [9.17, 15) is 0 Å². The quantitative estimate of drug-likeness (QED) is 0.523. The molecule has 0 amide bonds. The summed E-state index contributed by atoms with van der Waals surface area (Å²) < 4.78 is 2.01. The maximum absolute atomic E-state index is 5.03. The van der Waals surface area contributed by atoms with Gasteiger partial charge in [0.15, 0.2) is 11.5 Å². The van der Waals surface area contributed by atoms with E-state index in [1.807, 2.05) is 17.6 Å². The summed E-state index contributed by atoms with van der Waals surface area (Å²) in [6.45, 7) is 5.14. The number of anilines is 3. The molecule has 0 saturated heterocycles. The van der Waals surface area contributed by atoms with Crippen molar-refractivity contribution in [2.45, 2.75) is 20.3 Å². The van der Waals surface area contributed by atoms with E-state index in [2.05, 4.69) is 72.7 Å². The summed E-state index contributed by atoms with van der Waals surface area (Å²) in [5, 5.41) is 6.73. The maximum Gasteiger partial charge on any atom is 0.167 e. The van der Waals surface area contributed by atoms with E-state index >= 15 is 0 Å². The number of nitrogens with one attached hydrogen (secondary N) is 2. The monoisotopic (exact) mass is 389 g/mol.